The molecular formula is C14H19Cl2N2O+. The maximum Gasteiger partial charge on any atom is 0.282 e. The average molecular weight is 302 g/mol. The van der Waals surface area contributed by atoms with E-state index in [4.69, 9.17) is 23.2 Å². The van der Waals surface area contributed by atoms with E-state index >= 15 is 0 Å². The van der Waals surface area contributed by atoms with E-state index in [0.717, 1.165) is 0 Å². The van der Waals surface area contributed by atoms with Gasteiger partial charge in [-0.25, -0.2) is 0 Å². The van der Waals surface area contributed by atoms with E-state index in [-0.39, 0.29) is 11.9 Å². The average Bonchev–Trinajstić information content (AvgIpc) is 2.86. The maximum atomic E-state index is 12.1. The van der Waals surface area contributed by atoms with Gasteiger partial charge in [-0.1, -0.05) is 23.2 Å². The van der Waals surface area contributed by atoms with Crippen LogP contribution < -0.4 is 10.6 Å². The van der Waals surface area contributed by atoms with Crippen LogP contribution in [0.4, 0.5) is 5.69 Å². The molecule has 1 aromatic rings. The highest BCUT2D eigenvalue weighted by Crippen LogP contribution is 2.25. The highest BCUT2D eigenvalue weighted by atomic mass is 35.5. The zero-order valence-corrected chi connectivity index (χ0v) is 12.5. The van der Waals surface area contributed by atoms with Crippen LogP contribution in [0.2, 0.25) is 10.0 Å². The predicted molar refractivity (Wildman–Crippen MR) is 78.7 cm³/mol. The largest absolute Gasteiger partial charge is 0.334 e. The fourth-order valence-corrected chi connectivity index (χ4v) is 2.82. The van der Waals surface area contributed by atoms with Gasteiger partial charge in [-0.2, -0.15) is 0 Å². The molecule has 2 rings (SSSR count). The monoisotopic (exact) mass is 301 g/mol. The number of halogens is 2. The van der Waals surface area contributed by atoms with Crippen LogP contribution in [0, 0.1) is 0 Å². The van der Waals surface area contributed by atoms with Crippen molar-refractivity contribution < 1.29 is 10.1 Å². The first kappa shape index (κ1) is 14.6. The van der Waals surface area contributed by atoms with Gasteiger partial charge in [-0.3, -0.25) is 4.79 Å². The summed E-state index contributed by atoms with van der Waals surface area (Å²) in [5.41, 5.74) is 0.575. The fraction of sp³-hybridized carbons (Fsp3) is 0.500. The Morgan fingerprint density at radius 1 is 1.37 bits per heavy atom. The van der Waals surface area contributed by atoms with Crippen molar-refractivity contribution in [3.8, 4) is 0 Å². The fourth-order valence-electron chi connectivity index (χ4n) is 2.49. The van der Waals surface area contributed by atoms with Gasteiger partial charge in [0.15, 0.2) is 6.04 Å². The van der Waals surface area contributed by atoms with Gasteiger partial charge in [0.2, 0.25) is 0 Å². The van der Waals surface area contributed by atoms with E-state index in [1.807, 2.05) is 6.92 Å². The Hall–Kier alpha value is -0.770. The molecule has 3 N–H and O–H groups in total. The van der Waals surface area contributed by atoms with Crippen molar-refractivity contribution in [1.29, 1.82) is 0 Å². The van der Waals surface area contributed by atoms with Gasteiger partial charge in [-0.15, -0.1) is 0 Å². The van der Waals surface area contributed by atoms with Gasteiger partial charge in [0.05, 0.1) is 16.8 Å². The van der Waals surface area contributed by atoms with Gasteiger partial charge in [0.25, 0.3) is 5.91 Å². The van der Waals surface area contributed by atoms with Crippen LogP contribution >= 0.6 is 23.2 Å². The summed E-state index contributed by atoms with van der Waals surface area (Å²) in [6, 6.07) is 5.52. The van der Waals surface area contributed by atoms with Gasteiger partial charge >= 0.3 is 0 Å². The minimum Gasteiger partial charge on any atom is -0.334 e. The van der Waals surface area contributed by atoms with E-state index in [1.54, 1.807) is 18.2 Å². The first-order valence-electron chi connectivity index (χ1n) is 6.67. The van der Waals surface area contributed by atoms with E-state index in [9.17, 15) is 4.79 Å². The van der Waals surface area contributed by atoms with Crippen LogP contribution in [0.25, 0.3) is 0 Å². The number of amides is 1. The third kappa shape index (κ3) is 4.10. The van der Waals surface area contributed by atoms with Crippen LogP contribution in [-0.2, 0) is 4.79 Å². The zero-order valence-electron chi connectivity index (χ0n) is 11.0. The Morgan fingerprint density at radius 2 is 2.05 bits per heavy atom. The molecule has 1 saturated carbocycles. The van der Waals surface area contributed by atoms with Gasteiger partial charge in [0, 0.05) is 5.02 Å². The second kappa shape index (κ2) is 6.60. The highest BCUT2D eigenvalue weighted by Gasteiger charge is 2.24. The van der Waals surface area contributed by atoms with Crippen molar-refractivity contribution in [2.45, 2.75) is 44.7 Å². The molecule has 3 nitrogen and oxygen atoms in total. The lowest BCUT2D eigenvalue weighted by molar-refractivity contribution is -0.705. The van der Waals surface area contributed by atoms with Crippen molar-refractivity contribution in [3.63, 3.8) is 0 Å². The van der Waals surface area contributed by atoms with Crippen molar-refractivity contribution in [2.75, 3.05) is 5.32 Å². The van der Waals surface area contributed by atoms with Crippen LogP contribution in [0.5, 0.6) is 0 Å². The first-order valence-corrected chi connectivity index (χ1v) is 7.43. The number of nitrogens with one attached hydrogen (secondary N) is 1. The number of carbonyl (C=O) groups excluding carboxylic acids is 1. The number of benzene rings is 1. The van der Waals surface area contributed by atoms with Crippen molar-refractivity contribution in [2.24, 2.45) is 0 Å². The topological polar surface area (TPSA) is 45.7 Å². The van der Waals surface area contributed by atoms with E-state index in [0.29, 0.717) is 21.8 Å². The molecule has 0 spiro atoms. The summed E-state index contributed by atoms with van der Waals surface area (Å²) in [4.78, 5) is 12.1. The molecule has 1 aliphatic carbocycles. The third-order valence-corrected chi connectivity index (χ3v) is 4.13. The highest BCUT2D eigenvalue weighted by molar-refractivity contribution is 6.35. The van der Waals surface area contributed by atoms with Crippen LogP contribution in [0.15, 0.2) is 18.2 Å². The summed E-state index contributed by atoms with van der Waals surface area (Å²) in [6.07, 6.45) is 4.95. The molecule has 5 heteroatoms. The molecule has 1 aliphatic rings. The van der Waals surface area contributed by atoms with Gasteiger partial charge < -0.3 is 10.6 Å². The summed E-state index contributed by atoms with van der Waals surface area (Å²) < 4.78 is 0. The quantitative estimate of drug-likeness (QED) is 0.882. The minimum absolute atomic E-state index is 0.0314. The molecule has 1 atom stereocenters. The molecule has 1 aromatic carbocycles. The van der Waals surface area contributed by atoms with E-state index in [1.165, 1.54) is 25.7 Å². The molecule has 0 bridgehead atoms. The number of hydrogen-bond donors (Lipinski definition) is 2. The van der Waals surface area contributed by atoms with Crippen molar-refractivity contribution in [3.05, 3.63) is 28.2 Å². The molecule has 0 radical (unpaired) electrons. The molecule has 19 heavy (non-hydrogen) atoms. The molecule has 0 heterocycles. The Bertz CT molecular complexity index is 459. The summed E-state index contributed by atoms with van der Waals surface area (Å²) in [5, 5.41) is 6.06. The summed E-state index contributed by atoms with van der Waals surface area (Å²) in [6.45, 7) is 1.92. The molecular weight excluding hydrogens is 283 g/mol. The Labute approximate surface area is 123 Å². The predicted octanol–water partition coefficient (Wildman–Crippen LogP) is 2.83. The number of nitrogens with two attached hydrogens (primary N) is 1. The van der Waals surface area contributed by atoms with Crippen LogP contribution in [0.1, 0.15) is 32.6 Å². The van der Waals surface area contributed by atoms with Gasteiger partial charge in [-0.05, 0) is 50.8 Å². The lowest BCUT2D eigenvalue weighted by Gasteiger charge is -2.16. The maximum absolute atomic E-state index is 12.1. The van der Waals surface area contributed by atoms with Crippen LogP contribution in [0.3, 0.4) is 0 Å². The summed E-state index contributed by atoms with van der Waals surface area (Å²) in [5.74, 6) is -0.0314. The Morgan fingerprint density at radius 3 is 2.74 bits per heavy atom. The number of carbonyl (C=O) groups is 1. The minimum atomic E-state index is -0.113. The van der Waals surface area contributed by atoms with Crippen LogP contribution in [-0.4, -0.2) is 18.0 Å². The standard InChI is InChI=1S/C14H18Cl2N2O/c1-9(17-11-4-2-3-5-11)14(19)18-13-8-10(15)6-7-12(13)16/h6-9,11,17H,2-5H2,1H3,(H,18,19)/p+1/t9-/m0/s1. The lowest BCUT2D eigenvalue weighted by Crippen LogP contribution is -2.95. The zero-order chi connectivity index (χ0) is 13.8. The molecule has 0 saturated heterocycles. The smallest absolute Gasteiger partial charge is 0.282 e. The molecule has 104 valence electrons. The molecule has 0 aromatic heterocycles. The van der Waals surface area contributed by atoms with Gasteiger partial charge in [0.1, 0.15) is 0 Å². The Balaban J connectivity index is 1.93. The summed E-state index contributed by atoms with van der Waals surface area (Å²) >= 11 is 11.9. The molecule has 0 unspecified atom stereocenters. The molecule has 0 aliphatic heterocycles. The third-order valence-electron chi connectivity index (χ3n) is 3.56. The Kier molecular flexibility index (Phi) is 5.08. The lowest BCUT2D eigenvalue weighted by atomic mass is 10.2. The second-order valence-electron chi connectivity index (χ2n) is 5.14. The molecule has 1 fully saturated rings. The number of hydrogen-bond acceptors (Lipinski definition) is 1. The van der Waals surface area contributed by atoms with E-state index < -0.39 is 0 Å². The number of rotatable bonds is 4. The van der Waals surface area contributed by atoms with E-state index in [2.05, 4.69) is 10.6 Å². The molecule has 1 amide bonds. The first-order chi connectivity index (χ1) is 9.06. The van der Waals surface area contributed by atoms with Crippen molar-refractivity contribution >= 4 is 34.8 Å². The second-order valence-corrected chi connectivity index (χ2v) is 5.98. The SMILES string of the molecule is C[C@H]([NH2+]C1CCCC1)C(=O)Nc1cc(Cl)ccc1Cl. The summed E-state index contributed by atoms with van der Waals surface area (Å²) in [7, 11) is 0. The van der Waals surface area contributed by atoms with Crippen molar-refractivity contribution in [1.82, 2.24) is 0 Å². The normalized spacial score (nSPS) is 17.4. The number of quaternary nitrogens is 1. The number of anilines is 1.